The molecule has 0 N–H and O–H groups in total. The Bertz CT molecular complexity index is 101. The van der Waals surface area contributed by atoms with Gasteiger partial charge in [-0.15, -0.1) is 0 Å². The van der Waals surface area contributed by atoms with Gasteiger partial charge in [0, 0.05) is 5.54 Å². The molecule has 0 saturated carbocycles. The van der Waals surface area contributed by atoms with E-state index in [9.17, 15) is 0 Å². The van der Waals surface area contributed by atoms with Gasteiger partial charge in [0.1, 0.15) is 0 Å². The van der Waals surface area contributed by atoms with E-state index < -0.39 is 0 Å². The maximum absolute atomic E-state index is 2.48. The summed E-state index contributed by atoms with van der Waals surface area (Å²) in [6.45, 7) is 13.9. The molecule has 1 rings (SSSR count). The van der Waals surface area contributed by atoms with Gasteiger partial charge in [0.25, 0.3) is 0 Å². The lowest BCUT2D eigenvalue weighted by molar-refractivity contribution is 0.189. The van der Waals surface area contributed by atoms with Gasteiger partial charge in [-0.1, -0.05) is 34.6 Å². The Kier molecular flexibility index (Phi) is 10.2. The lowest BCUT2D eigenvalue weighted by atomic mass is 9.96. The van der Waals surface area contributed by atoms with Crippen molar-refractivity contribution in [3.63, 3.8) is 0 Å². The van der Waals surface area contributed by atoms with Crippen LogP contribution in [0.5, 0.6) is 0 Å². The molecule has 0 bridgehead atoms. The van der Waals surface area contributed by atoms with Crippen LogP contribution >= 0.6 is 0 Å². The van der Waals surface area contributed by atoms with Crippen molar-refractivity contribution < 1.29 is 0 Å². The first-order valence-corrected chi connectivity index (χ1v) is 5.90. The summed E-state index contributed by atoms with van der Waals surface area (Å²) in [4.78, 5) is 2.48. The molecule has 1 heteroatoms. The number of likely N-dealkylation sites (tertiary alicyclic amines) is 1. The van der Waals surface area contributed by atoms with Gasteiger partial charge in [-0.2, -0.15) is 0 Å². The van der Waals surface area contributed by atoms with Crippen LogP contribution < -0.4 is 0 Å². The third kappa shape index (κ3) is 4.66. The third-order valence-electron chi connectivity index (χ3n) is 2.89. The molecule has 0 aromatic carbocycles. The normalized spacial score (nSPS) is 27.0. The topological polar surface area (TPSA) is 3.24 Å². The predicted molar refractivity (Wildman–Crippen MR) is 63.3 cm³/mol. The number of nitrogens with zero attached hydrogens (tertiary/aromatic N) is 1. The largest absolute Gasteiger partial charge is 0.301 e. The first kappa shape index (κ1) is 15.4. The van der Waals surface area contributed by atoms with E-state index >= 15 is 0 Å². The van der Waals surface area contributed by atoms with Gasteiger partial charge >= 0.3 is 0 Å². The predicted octanol–water partition coefficient (Wildman–Crippen LogP) is 3.93. The molecule has 1 aliphatic heterocycles. The summed E-state index contributed by atoms with van der Waals surface area (Å²) in [5.74, 6) is 0. The number of rotatable bonds is 1. The fourth-order valence-corrected chi connectivity index (χ4v) is 1.60. The smallest absolute Gasteiger partial charge is 0.0176 e. The lowest BCUT2D eigenvalue weighted by Crippen LogP contribution is -2.36. The Hall–Kier alpha value is -0.0400. The van der Waals surface area contributed by atoms with Crippen molar-refractivity contribution in [1.82, 2.24) is 4.90 Å². The summed E-state index contributed by atoms with van der Waals surface area (Å²) in [5, 5.41) is 0. The Morgan fingerprint density at radius 2 is 1.62 bits per heavy atom. The average molecular weight is 187 g/mol. The van der Waals surface area contributed by atoms with Crippen LogP contribution in [0.2, 0.25) is 0 Å². The summed E-state index contributed by atoms with van der Waals surface area (Å²) >= 11 is 0. The van der Waals surface area contributed by atoms with E-state index in [1.165, 1.54) is 25.8 Å². The SMILES string of the molecule is CC.CC.CCC1(C)CCCN1C. The summed E-state index contributed by atoms with van der Waals surface area (Å²) in [6, 6.07) is 0. The van der Waals surface area contributed by atoms with Crippen LogP contribution in [0, 0.1) is 0 Å². The average Bonchev–Trinajstić information content (AvgIpc) is 2.54. The molecule has 1 heterocycles. The van der Waals surface area contributed by atoms with E-state index in [2.05, 4.69) is 25.8 Å². The molecule has 1 aliphatic rings. The third-order valence-corrected chi connectivity index (χ3v) is 2.89. The van der Waals surface area contributed by atoms with Gasteiger partial charge in [0.2, 0.25) is 0 Å². The maximum Gasteiger partial charge on any atom is 0.0176 e. The summed E-state index contributed by atoms with van der Waals surface area (Å²) in [5.41, 5.74) is 0.528. The monoisotopic (exact) mass is 187 g/mol. The van der Waals surface area contributed by atoms with E-state index in [1.54, 1.807) is 0 Å². The van der Waals surface area contributed by atoms with Gasteiger partial charge < -0.3 is 4.90 Å². The Balaban J connectivity index is 0. The van der Waals surface area contributed by atoms with Crippen molar-refractivity contribution in [1.29, 1.82) is 0 Å². The van der Waals surface area contributed by atoms with Crippen molar-refractivity contribution in [3.8, 4) is 0 Å². The minimum absolute atomic E-state index is 0.528. The summed E-state index contributed by atoms with van der Waals surface area (Å²) < 4.78 is 0. The molecular weight excluding hydrogens is 158 g/mol. The summed E-state index contributed by atoms with van der Waals surface area (Å²) in [6.07, 6.45) is 4.07. The highest BCUT2D eigenvalue weighted by atomic mass is 15.2. The zero-order chi connectivity index (χ0) is 10.9. The van der Waals surface area contributed by atoms with E-state index in [0.717, 1.165) is 0 Å². The molecule has 13 heavy (non-hydrogen) atoms. The maximum atomic E-state index is 2.48. The molecule has 0 radical (unpaired) electrons. The van der Waals surface area contributed by atoms with Crippen LogP contribution in [-0.4, -0.2) is 24.0 Å². The van der Waals surface area contributed by atoms with Gasteiger partial charge in [-0.3, -0.25) is 0 Å². The fraction of sp³-hybridized carbons (Fsp3) is 1.00. The zero-order valence-electron chi connectivity index (χ0n) is 10.8. The molecule has 1 atom stereocenters. The molecule has 1 saturated heterocycles. The molecule has 1 fully saturated rings. The minimum Gasteiger partial charge on any atom is -0.301 e. The van der Waals surface area contributed by atoms with Crippen LogP contribution in [0.15, 0.2) is 0 Å². The van der Waals surface area contributed by atoms with Crippen LogP contribution in [0.1, 0.15) is 60.8 Å². The highest BCUT2D eigenvalue weighted by molar-refractivity contribution is 4.88. The van der Waals surface area contributed by atoms with E-state index in [4.69, 9.17) is 0 Å². The van der Waals surface area contributed by atoms with Crippen molar-refractivity contribution in [3.05, 3.63) is 0 Å². The van der Waals surface area contributed by atoms with Crippen molar-refractivity contribution >= 4 is 0 Å². The van der Waals surface area contributed by atoms with E-state index in [0.29, 0.717) is 5.54 Å². The van der Waals surface area contributed by atoms with Crippen LogP contribution in [0.25, 0.3) is 0 Å². The highest BCUT2D eigenvalue weighted by Gasteiger charge is 2.31. The number of hydrogen-bond acceptors (Lipinski definition) is 1. The van der Waals surface area contributed by atoms with Crippen molar-refractivity contribution in [2.75, 3.05) is 13.6 Å². The van der Waals surface area contributed by atoms with E-state index in [-0.39, 0.29) is 0 Å². The Morgan fingerprint density at radius 1 is 1.15 bits per heavy atom. The van der Waals surface area contributed by atoms with Gasteiger partial charge in [0.05, 0.1) is 0 Å². The molecule has 1 unspecified atom stereocenters. The van der Waals surface area contributed by atoms with Crippen LogP contribution in [0.3, 0.4) is 0 Å². The van der Waals surface area contributed by atoms with Crippen molar-refractivity contribution in [2.45, 2.75) is 66.3 Å². The molecule has 0 spiro atoms. The molecule has 0 aromatic heterocycles. The lowest BCUT2D eigenvalue weighted by Gasteiger charge is -2.30. The standard InChI is InChI=1S/C8H17N.2C2H6/c1-4-8(2)6-5-7-9(8)3;2*1-2/h4-7H2,1-3H3;2*1-2H3. The van der Waals surface area contributed by atoms with Gasteiger partial charge in [-0.25, -0.2) is 0 Å². The fourth-order valence-electron chi connectivity index (χ4n) is 1.60. The molecule has 0 aromatic rings. The van der Waals surface area contributed by atoms with Crippen LogP contribution in [-0.2, 0) is 0 Å². The Morgan fingerprint density at radius 3 is 1.77 bits per heavy atom. The van der Waals surface area contributed by atoms with Gasteiger partial charge in [-0.05, 0) is 39.8 Å². The van der Waals surface area contributed by atoms with E-state index in [1.807, 2.05) is 27.7 Å². The molecule has 0 amide bonds. The molecule has 82 valence electrons. The molecule has 1 nitrogen and oxygen atoms in total. The van der Waals surface area contributed by atoms with Gasteiger partial charge in [0.15, 0.2) is 0 Å². The quantitative estimate of drug-likeness (QED) is 0.601. The Labute approximate surface area is 85.5 Å². The van der Waals surface area contributed by atoms with Crippen molar-refractivity contribution in [2.24, 2.45) is 0 Å². The zero-order valence-corrected chi connectivity index (χ0v) is 10.8. The summed E-state index contributed by atoms with van der Waals surface area (Å²) in [7, 11) is 2.23. The first-order valence-electron chi connectivity index (χ1n) is 5.90. The minimum atomic E-state index is 0.528. The second-order valence-electron chi connectivity index (χ2n) is 3.38. The van der Waals surface area contributed by atoms with Crippen LogP contribution in [0.4, 0.5) is 0 Å². The number of hydrogen-bond donors (Lipinski definition) is 0. The molecular formula is C12H29N. The second kappa shape index (κ2) is 8.55. The first-order chi connectivity index (χ1) is 6.19. The highest BCUT2D eigenvalue weighted by Crippen LogP contribution is 2.29. The second-order valence-corrected chi connectivity index (χ2v) is 3.38. The molecule has 0 aliphatic carbocycles.